The fourth-order valence-electron chi connectivity index (χ4n) is 1.31. The van der Waals surface area contributed by atoms with E-state index in [9.17, 15) is 0 Å². The van der Waals surface area contributed by atoms with Gasteiger partial charge in [0.25, 0.3) is 0 Å². The van der Waals surface area contributed by atoms with E-state index >= 15 is 0 Å². The van der Waals surface area contributed by atoms with Crippen molar-refractivity contribution in [1.82, 2.24) is 9.97 Å². The lowest BCUT2D eigenvalue weighted by Crippen LogP contribution is -1.98. The van der Waals surface area contributed by atoms with Crippen molar-refractivity contribution in [3.8, 4) is 11.6 Å². The maximum absolute atomic E-state index is 5.99. The van der Waals surface area contributed by atoms with Crippen molar-refractivity contribution < 1.29 is 4.74 Å². The van der Waals surface area contributed by atoms with Gasteiger partial charge in [-0.2, -0.15) is 4.98 Å². The molecular weight excluding hydrogens is 296 g/mol. The zero-order chi connectivity index (χ0) is 13.3. The number of hydrogen-bond acceptors (Lipinski definition) is 4. The highest BCUT2D eigenvalue weighted by atomic mass is 35.5. The standard InChI is InChI=1S/C11H8Cl3N3O/c1-5-16-10(15)4-11(17-5)18-9-3-7(13)6(12)2-8(9)14/h2-4H,1H3,(H2,15,16,17). The van der Waals surface area contributed by atoms with Crippen molar-refractivity contribution in [2.24, 2.45) is 0 Å². The zero-order valence-corrected chi connectivity index (χ0v) is 11.5. The molecule has 0 unspecified atom stereocenters. The molecule has 4 nitrogen and oxygen atoms in total. The molecule has 0 aliphatic heterocycles. The number of nitrogen functional groups attached to an aromatic ring is 1. The van der Waals surface area contributed by atoms with Gasteiger partial charge in [-0.15, -0.1) is 0 Å². The number of anilines is 1. The van der Waals surface area contributed by atoms with E-state index in [2.05, 4.69) is 9.97 Å². The van der Waals surface area contributed by atoms with Gasteiger partial charge < -0.3 is 10.5 Å². The van der Waals surface area contributed by atoms with Crippen LogP contribution in [0.25, 0.3) is 0 Å². The van der Waals surface area contributed by atoms with E-state index in [1.54, 1.807) is 6.92 Å². The largest absolute Gasteiger partial charge is 0.437 e. The Morgan fingerprint density at radius 2 is 1.67 bits per heavy atom. The summed E-state index contributed by atoms with van der Waals surface area (Å²) in [4.78, 5) is 8.01. The normalized spacial score (nSPS) is 10.4. The van der Waals surface area contributed by atoms with Gasteiger partial charge >= 0.3 is 0 Å². The quantitative estimate of drug-likeness (QED) is 0.848. The first-order valence-electron chi connectivity index (χ1n) is 4.89. The Morgan fingerprint density at radius 1 is 1.00 bits per heavy atom. The molecule has 0 aliphatic carbocycles. The summed E-state index contributed by atoms with van der Waals surface area (Å²) in [6.45, 7) is 1.71. The summed E-state index contributed by atoms with van der Waals surface area (Å²) in [5.41, 5.74) is 5.59. The first kappa shape index (κ1) is 13.2. The van der Waals surface area contributed by atoms with E-state index in [-0.39, 0.29) is 0 Å². The van der Waals surface area contributed by atoms with E-state index in [0.29, 0.717) is 38.3 Å². The number of nitrogens with zero attached hydrogens (tertiary/aromatic N) is 2. The Hall–Kier alpha value is -1.23. The molecule has 0 spiro atoms. The van der Waals surface area contributed by atoms with Crippen LogP contribution in [0.5, 0.6) is 11.6 Å². The minimum absolute atomic E-state index is 0.292. The van der Waals surface area contributed by atoms with Crippen molar-refractivity contribution in [3.63, 3.8) is 0 Å². The lowest BCUT2D eigenvalue weighted by atomic mass is 10.3. The molecular formula is C11H8Cl3N3O. The maximum Gasteiger partial charge on any atom is 0.224 e. The number of rotatable bonds is 2. The third-order valence-electron chi connectivity index (χ3n) is 2.02. The molecule has 1 aromatic heterocycles. The van der Waals surface area contributed by atoms with Crippen LogP contribution >= 0.6 is 34.8 Å². The number of nitrogens with two attached hydrogens (primary N) is 1. The lowest BCUT2D eigenvalue weighted by molar-refractivity contribution is 0.460. The average Bonchev–Trinajstić information content (AvgIpc) is 2.24. The second-order valence-electron chi connectivity index (χ2n) is 3.48. The van der Waals surface area contributed by atoms with Crippen LogP contribution < -0.4 is 10.5 Å². The van der Waals surface area contributed by atoms with Crippen molar-refractivity contribution in [1.29, 1.82) is 0 Å². The molecule has 2 aromatic rings. The van der Waals surface area contributed by atoms with Crippen LogP contribution in [0.15, 0.2) is 18.2 Å². The molecule has 7 heteroatoms. The van der Waals surface area contributed by atoms with Gasteiger partial charge in [0.1, 0.15) is 17.4 Å². The fraction of sp³-hybridized carbons (Fsp3) is 0.0909. The maximum atomic E-state index is 5.99. The Labute approximate surface area is 119 Å². The van der Waals surface area contributed by atoms with Crippen molar-refractivity contribution >= 4 is 40.6 Å². The molecule has 2 N–H and O–H groups in total. The van der Waals surface area contributed by atoms with Crippen LogP contribution in [0.3, 0.4) is 0 Å². The lowest BCUT2D eigenvalue weighted by Gasteiger charge is -2.08. The number of aromatic nitrogens is 2. The van der Waals surface area contributed by atoms with Gasteiger partial charge in [0.2, 0.25) is 5.88 Å². The second-order valence-corrected chi connectivity index (χ2v) is 4.70. The highest BCUT2D eigenvalue weighted by Gasteiger charge is 2.09. The minimum atomic E-state index is 0.292. The van der Waals surface area contributed by atoms with Crippen LogP contribution in [0, 0.1) is 6.92 Å². The smallest absolute Gasteiger partial charge is 0.224 e. The molecule has 0 atom stereocenters. The molecule has 2 rings (SSSR count). The number of benzene rings is 1. The first-order valence-corrected chi connectivity index (χ1v) is 6.02. The van der Waals surface area contributed by atoms with Crippen LogP contribution in [0.1, 0.15) is 5.82 Å². The number of ether oxygens (including phenoxy) is 1. The Bertz CT molecular complexity index is 584. The van der Waals surface area contributed by atoms with Gasteiger partial charge in [0.05, 0.1) is 15.1 Å². The Morgan fingerprint density at radius 3 is 2.33 bits per heavy atom. The third-order valence-corrected chi connectivity index (χ3v) is 3.04. The Balaban J connectivity index is 2.36. The second kappa shape index (κ2) is 5.18. The molecule has 18 heavy (non-hydrogen) atoms. The summed E-state index contributed by atoms with van der Waals surface area (Å²) < 4.78 is 5.50. The highest BCUT2D eigenvalue weighted by Crippen LogP contribution is 2.36. The molecule has 0 bridgehead atoms. The SMILES string of the molecule is Cc1nc(N)cc(Oc2cc(Cl)c(Cl)cc2Cl)n1. The first-order chi connectivity index (χ1) is 8.45. The molecule has 0 amide bonds. The number of halogens is 3. The van der Waals surface area contributed by atoms with E-state index < -0.39 is 0 Å². The molecule has 0 fully saturated rings. The van der Waals surface area contributed by atoms with E-state index in [0.717, 1.165) is 0 Å². The molecule has 1 aromatic carbocycles. The van der Waals surface area contributed by atoms with Crippen molar-refractivity contribution in [3.05, 3.63) is 39.1 Å². The van der Waals surface area contributed by atoms with E-state index in [4.69, 9.17) is 45.3 Å². The predicted octanol–water partition coefficient (Wildman–Crippen LogP) is 4.12. The van der Waals surface area contributed by atoms with Gasteiger partial charge in [-0.3, -0.25) is 0 Å². The summed E-state index contributed by atoms with van der Waals surface area (Å²) in [5, 5.41) is 1.03. The van der Waals surface area contributed by atoms with E-state index in [1.165, 1.54) is 18.2 Å². The summed E-state index contributed by atoms with van der Waals surface area (Å²) in [5.74, 6) is 1.46. The van der Waals surface area contributed by atoms with Crippen LogP contribution in [0.4, 0.5) is 5.82 Å². The molecule has 1 heterocycles. The molecule has 0 saturated heterocycles. The fourth-order valence-corrected chi connectivity index (χ4v) is 1.89. The van der Waals surface area contributed by atoms with Gasteiger partial charge in [-0.25, -0.2) is 4.98 Å². The Kier molecular flexibility index (Phi) is 3.80. The topological polar surface area (TPSA) is 61.0 Å². The van der Waals surface area contributed by atoms with Gasteiger partial charge in [0.15, 0.2) is 0 Å². The van der Waals surface area contributed by atoms with Gasteiger partial charge in [-0.05, 0) is 13.0 Å². The zero-order valence-electron chi connectivity index (χ0n) is 9.25. The van der Waals surface area contributed by atoms with Gasteiger partial charge in [0, 0.05) is 12.1 Å². The van der Waals surface area contributed by atoms with Crippen LogP contribution in [-0.2, 0) is 0 Å². The summed E-state index contributed by atoms with van der Waals surface area (Å²) in [6.07, 6.45) is 0. The van der Waals surface area contributed by atoms with Crippen LogP contribution in [-0.4, -0.2) is 9.97 Å². The molecule has 0 radical (unpaired) electrons. The minimum Gasteiger partial charge on any atom is -0.437 e. The molecule has 0 saturated carbocycles. The predicted molar refractivity (Wildman–Crippen MR) is 72.7 cm³/mol. The van der Waals surface area contributed by atoms with Gasteiger partial charge in [-0.1, -0.05) is 34.8 Å². The summed E-state index contributed by atoms with van der Waals surface area (Å²) >= 11 is 17.7. The number of aryl methyl sites for hydroxylation is 1. The van der Waals surface area contributed by atoms with E-state index in [1.807, 2.05) is 0 Å². The van der Waals surface area contributed by atoms with Crippen molar-refractivity contribution in [2.45, 2.75) is 6.92 Å². The highest BCUT2D eigenvalue weighted by molar-refractivity contribution is 6.43. The molecule has 94 valence electrons. The average molecular weight is 305 g/mol. The van der Waals surface area contributed by atoms with Crippen LogP contribution in [0.2, 0.25) is 15.1 Å². The summed E-state index contributed by atoms with van der Waals surface area (Å²) in [6, 6.07) is 4.50. The monoisotopic (exact) mass is 303 g/mol. The molecule has 0 aliphatic rings. The third kappa shape index (κ3) is 2.96. The summed E-state index contributed by atoms with van der Waals surface area (Å²) in [7, 11) is 0. The number of hydrogen-bond donors (Lipinski definition) is 1. The van der Waals surface area contributed by atoms with Crippen molar-refractivity contribution in [2.75, 3.05) is 5.73 Å².